The van der Waals surface area contributed by atoms with E-state index in [1.807, 2.05) is 18.4 Å². The van der Waals surface area contributed by atoms with Crippen molar-refractivity contribution < 1.29 is 9.53 Å². The fourth-order valence-corrected chi connectivity index (χ4v) is 2.63. The smallest absolute Gasteiger partial charge is 0.202 e. The molecule has 72 valence electrons. The Morgan fingerprint density at radius 3 is 2.85 bits per heavy atom. The van der Waals surface area contributed by atoms with Crippen molar-refractivity contribution in [3.8, 4) is 0 Å². The molecular formula is C9H11BrO2S. The van der Waals surface area contributed by atoms with E-state index in [9.17, 15) is 4.79 Å². The van der Waals surface area contributed by atoms with Crippen molar-refractivity contribution in [2.45, 2.75) is 19.4 Å². The van der Waals surface area contributed by atoms with Gasteiger partial charge in [0, 0.05) is 11.6 Å². The molecule has 1 rings (SSSR count). The fraction of sp³-hybridized carbons (Fsp3) is 0.444. The van der Waals surface area contributed by atoms with Gasteiger partial charge in [-0.3, -0.25) is 4.79 Å². The third-order valence-electron chi connectivity index (χ3n) is 1.79. The summed E-state index contributed by atoms with van der Waals surface area (Å²) in [6.07, 6.45) is 0.398. The molecule has 1 heterocycles. The molecule has 13 heavy (non-hydrogen) atoms. The summed E-state index contributed by atoms with van der Waals surface area (Å²) in [5.74, 6) is 0.0619. The molecule has 0 bridgehead atoms. The number of halogens is 1. The Kier molecular flexibility index (Phi) is 4.09. The van der Waals surface area contributed by atoms with Crippen molar-refractivity contribution in [1.29, 1.82) is 0 Å². The van der Waals surface area contributed by atoms with Gasteiger partial charge in [-0.05, 0) is 33.8 Å². The lowest BCUT2D eigenvalue weighted by Crippen LogP contribution is -2.21. The topological polar surface area (TPSA) is 26.3 Å². The molecule has 0 amide bonds. The lowest BCUT2D eigenvalue weighted by Gasteiger charge is -2.10. The Labute approximate surface area is 90.0 Å². The van der Waals surface area contributed by atoms with Crippen LogP contribution in [0.4, 0.5) is 0 Å². The van der Waals surface area contributed by atoms with Gasteiger partial charge in [0.25, 0.3) is 0 Å². The molecule has 1 atom stereocenters. The van der Waals surface area contributed by atoms with E-state index in [0.29, 0.717) is 6.42 Å². The minimum absolute atomic E-state index is 0.0619. The summed E-state index contributed by atoms with van der Waals surface area (Å²) < 4.78 is 5.94. The normalized spacial score (nSPS) is 12.8. The number of rotatable bonds is 4. The summed E-state index contributed by atoms with van der Waals surface area (Å²) in [4.78, 5) is 12.5. The van der Waals surface area contributed by atoms with Crippen LogP contribution in [0, 0.1) is 0 Å². The van der Waals surface area contributed by atoms with Crippen LogP contribution < -0.4 is 0 Å². The number of Topliss-reactive ketones (excluding diaryl/α,β-unsaturated/α-hetero) is 1. The van der Waals surface area contributed by atoms with Crippen molar-refractivity contribution in [2.75, 3.05) is 7.11 Å². The average molecular weight is 263 g/mol. The predicted molar refractivity (Wildman–Crippen MR) is 57.4 cm³/mol. The highest BCUT2D eigenvalue weighted by atomic mass is 79.9. The Morgan fingerprint density at radius 1 is 1.77 bits per heavy atom. The first-order valence-corrected chi connectivity index (χ1v) is 5.68. The number of methoxy groups -OCH3 is 1. The van der Waals surface area contributed by atoms with Crippen LogP contribution in [0.25, 0.3) is 0 Å². The van der Waals surface area contributed by atoms with Crippen molar-refractivity contribution >= 4 is 33.0 Å². The van der Waals surface area contributed by atoms with Gasteiger partial charge in [0.05, 0.1) is 4.88 Å². The largest absolute Gasteiger partial charge is 0.373 e. The third kappa shape index (κ3) is 2.39. The second-order valence-corrected chi connectivity index (χ2v) is 4.36. The highest BCUT2D eigenvalue weighted by Gasteiger charge is 2.20. The number of hydrogen-bond donors (Lipinski definition) is 0. The van der Waals surface area contributed by atoms with Gasteiger partial charge in [0.2, 0.25) is 5.78 Å². The minimum Gasteiger partial charge on any atom is -0.373 e. The van der Waals surface area contributed by atoms with E-state index in [2.05, 4.69) is 15.9 Å². The van der Waals surface area contributed by atoms with Gasteiger partial charge in [-0.2, -0.15) is 0 Å². The van der Waals surface area contributed by atoms with Gasteiger partial charge in [-0.1, -0.05) is 6.92 Å². The Hall–Kier alpha value is -0.190. The maximum Gasteiger partial charge on any atom is 0.202 e. The summed E-state index contributed by atoms with van der Waals surface area (Å²) in [6, 6.07) is 1.88. The first-order chi connectivity index (χ1) is 6.20. The quantitative estimate of drug-likeness (QED) is 0.780. The lowest BCUT2D eigenvalue weighted by atomic mass is 10.1. The molecule has 0 radical (unpaired) electrons. The van der Waals surface area contributed by atoms with E-state index in [4.69, 9.17) is 4.74 Å². The predicted octanol–water partition coefficient (Wildman–Crippen LogP) is 3.12. The van der Waals surface area contributed by atoms with E-state index >= 15 is 0 Å². The molecule has 0 saturated heterocycles. The highest BCUT2D eigenvalue weighted by molar-refractivity contribution is 9.10. The van der Waals surface area contributed by atoms with E-state index in [0.717, 1.165) is 9.35 Å². The number of thiophene rings is 1. The van der Waals surface area contributed by atoms with Gasteiger partial charge in [0.1, 0.15) is 6.10 Å². The van der Waals surface area contributed by atoms with Crippen molar-refractivity contribution in [2.24, 2.45) is 0 Å². The van der Waals surface area contributed by atoms with Crippen molar-refractivity contribution in [3.05, 3.63) is 20.8 Å². The van der Waals surface area contributed by atoms with Gasteiger partial charge >= 0.3 is 0 Å². The zero-order valence-electron chi connectivity index (χ0n) is 7.54. The first kappa shape index (κ1) is 10.9. The van der Waals surface area contributed by atoms with Gasteiger partial charge in [-0.25, -0.2) is 0 Å². The van der Waals surface area contributed by atoms with E-state index in [1.165, 1.54) is 11.3 Å². The molecule has 0 aliphatic rings. The molecule has 0 aliphatic heterocycles. The van der Waals surface area contributed by atoms with E-state index in [-0.39, 0.29) is 11.9 Å². The van der Waals surface area contributed by atoms with Gasteiger partial charge in [-0.15, -0.1) is 11.3 Å². The Balaban J connectivity index is 2.84. The molecule has 0 aliphatic carbocycles. The average Bonchev–Trinajstić information content (AvgIpc) is 2.53. The van der Waals surface area contributed by atoms with Crippen LogP contribution in [0.15, 0.2) is 15.9 Å². The van der Waals surface area contributed by atoms with Crippen LogP contribution in [0.5, 0.6) is 0 Å². The minimum atomic E-state index is -0.310. The van der Waals surface area contributed by atoms with Crippen LogP contribution in [-0.2, 0) is 4.74 Å². The summed E-state index contributed by atoms with van der Waals surface area (Å²) in [7, 11) is 1.56. The van der Waals surface area contributed by atoms with Crippen LogP contribution in [0.1, 0.15) is 23.0 Å². The summed E-state index contributed by atoms with van der Waals surface area (Å²) >= 11 is 4.77. The van der Waals surface area contributed by atoms with E-state index in [1.54, 1.807) is 7.11 Å². The molecule has 1 aromatic heterocycles. The van der Waals surface area contributed by atoms with E-state index < -0.39 is 0 Å². The Morgan fingerprint density at radius 2 is 2.46 bits per heavy atom. The number of carbonyl (C=O) groups is 1. The third-order valence-corrected chi connectivity index (χ3v) is 3.64. The summed E-state index contributed by atoms with van der Waals surface area (Å²) in [5.41, 5.74) is 0. The monoisotopic (exact) mass is 262 g/mol. The fourth-order valence-electron chi connectivity index (χ4n) is 1.07. The highest BCUT2D eigenvalue weighted by Crippen LogP contribution is 2.25. The standard InChI is InChI=1S/C9H11BrO2S/c1-3-7(12-2)8(11)9-6(10)4-5-13-9/h4-5,7H,3H2,1-2H3. The van der Waals surface area contributed by atoms with Gasteiger partial charge < -0.3 is 4.74 Å². The molecule has 0 aromatic carbocycles. The molecule has 1 unspecified atom stereocenters. The summed E-state index contributed by atoms with van der Waals surface area (Å²) in [6.45, 7) is 1.94. The maximum atomic E-state index is 11.7. The Bertz CT molecular complexity index is 292. The number of ether oxygens (including phenoxy) is 1. The molecule has 0 N–H and O–H groups in total. The molecule has 4 heteroatoms. The van der Waals surface area contributed by atoms with Crippen LogP contribution >= 0.6 is 27.3 Å². The molecule has 2 nitrogen and oxygen atoms in total. The zero-order chi connectivity index (χ0) is 9.84. The molecule has 0 saturated carbocycles. The molecule has 0 fully saturated rings. The van der Waals surface area contributed by atoms with Crippen LogP contribution in [0.2, 0.25) is 0 Å². The summed E-state index contributed by atoms with van der Waals surface area (Å²) in [5, 5.41) is 1.89. The molecule has 0 spiro atoms. The molecule has 1 aromatic rings. The number of carbonyl (C=O) groups excluding carboxylic acids is 1. The van der Waals surface area contributed by atoms with Crippen molar-refractivity contribution in [1.82, 2.24) is 0 Å². The van der Waals surface area contributed by atoms with Crippen LogP contribution in [-0.4, -0.2) is 19.0 Å². The van der Waals surface area contributed by atoms with Gasteiger partial charge in [0.15, 0.2) is 0 Å². The van der Waals surface area contributed by atoms with Crippen LogP contribution in [0.3, 0.4) is 0 Å². The lowest BCUT2D eigenvalue weighted by molar-refractivity contribution is 0.0599. The molecular weight excluding hydrogens is 252 g/mol. The second kappa shape index (κ2) is 4.88. The van der Waals surface area contributed by atoms with Crippen molar-refractivity contribution in [3.63, 3.8) is 0 Å². The second-order valence-electron chi connectivity index (χ2n) is 2.59. The maximum absolute atomic E-state index is 11.7. The number of hydrogen-bond acceptors (Lipinski definition) is 3. The first-order valence-electron chi connectivity index (χ1n) is 4.00. The number of ketones is 1. The SMILES string of the molecule is CCC(OC)C(=O)c1sccc1Br. The zero-order valence-corrected chi connectivity index (χ0v) is 9.94.